The molecular weight excluding hydrogens is 230 g/mol. The molecule has 0 bridgehead atoms. The SMILES string of the molecule is CC(=O)Cc1cc([N+](C)(C)C=O)cc2ccoc12. The lowest BCUT2D eigenvalue weighted by atomic mass is 10.0. The molecule has 4 nitrogen and oxygen atoms in total. The molecule has 0 N–H and O–H groups in total. The van der Waals surface area contributed by atoms with E-state index in [4.69, 9.17) is 4.42 Å². The number of rotatable bonds is 4. The molecule has 4 heteroatoms. The average molecular weight is 246 g/mol. The van der Waals surface area contributed by atoms with Crippen LogP contribution in [0.4, 0.5) is 5.69 Å². The maximum atomic E-state index is 11.3. The highest BCUT2D eigenvalue weighted by molar-refractivity contribution is 5.90. The number of furan rings is 1. The molecule has 0 aliphatic heterocycles. The zero-order valence-corrected chi connectivity index (χ0v) is 10.8. The van der Waals surface area contributed by atoms with Gasteiger partial charge in [0.15, 0.2) is 0 Å². The van der Waals surface area contributed by atoms with Crippen LogP contribution in [0.15, 0.2) is 28.9 Å². The zero-order valence-electron chi connectivity index (χ0n) is 10.8. The van der Waals surface area contributed by atoms with Gasteiger partial charge in [-0.2, -0.15) is 0 Å². The Kier molecular flexibility index (Phi) is 3.05. The number of Topliss-reactive ketones (excluding diaryl/α,β-unsaturated/α-hetero) is 1. The van der Waals surface area contributed by atoms with E-state index in [2.05, 4.69) is 0 Å². The molecule has 2 rings (SSSR count). The number of benzene rings is 1. The Hall–Kier alpha value is -1.94. The fraction of sp³-hybridized carbons (Fsp3) is 0.286. The van der Waals surface area contributed by atoms with Gasteiger partial charge in [-0.1, -0.05) is 0 Å². The van der Waals surface area contributed by atoms with E-state index in [1.807, 2.05) is 18.2 Å². The average Bonchev–Trinajstić information content (AvgIpc) is 2.76. The molecule has 18 heavy (non-hydrogen) atoms. The number of nitrogens with zero attached hydrogens (tertiary/aromatic N) is 1. The Morgan fingerprint density at radius 2 is 2.11 bits per heavy atom. The molecule has 2 aromatic rings. The van der Waals surface area contributed by atoms with Crippen molar-refractivity contribution in [1.82, 2.24) is 4.48 Å². The van der Waals surface area contributed by atoms with Gasteiger partial charge in [-0.3, -0.25) is 4.79 Å². The van der Waals surface area contributed by atoms with Crippen LogP contribution >= 0.6 is 0 Å². The number of amides is 1. The lowest BCUT2D eigenvalue weighted by Crippen LogP contribution is -2.38. The molecule has 0 unspecified atom stereocenters. The van der Waals surface area contributed by atoms with Crippen molar-refractivity contribution < 1.29 is 14.0 Å². The molecule has 0 atom stereocenters. The first kappa shape index (κ1) is 12.5. The predicted octanol–water partition coefficient (Wildman–Crippen LogP) is 2.29. The van der Waals surface area contributed by atoms with Crippen LogP contribution in [0.1, 0.15) is 12.5 Å². The maximum Gasteiger partial charge on any atom is 0.306 e. The molecule has 1 amide bonds. The molecule has 0 saturated carbocycles. The third-order valence-electron chi connectivity index (χ3n) is 2.98. The van der Waals surface area contributed by atoms with Crippen molar-refractivity contribution in [1.29, 1.82) is 0 Å². The predicted molar refractivity (Wildman–Crippen MR) is 70.3 cm³/mol. The molecule has 94 valence electrons. The molecule has 0 aliphatic rings. The highest BCUT2D eigenvalue weighted by Gasteiger charge is 2.21. The number of carbonyl (C=O) groups excluding carboxylic acids is 2. The van der Waals surface area contributed by atoms with Crippen LogP contribution in [-0.2, 0) is 16.0 Å². The summed E-state index contributed by atoms with van der Waals surface area (Å²) in [7, 11) is 3.59. The quantitative estimate of drug-likeness (QED) is 0.614. The minimum Gasteiger partial charge on any atom is -0.464 e. The van der Waals surface area contributed by atoms with E-state index < -0.39 is 0 Å². The van der Waals surface area contributed by atoms with E-state index in [0.29, 0.717) is 6.42 Å². The van der Waals surface area contributed by atoms with E-state index in [1.54, 1.807) is 27.3 Å². The largest absolute Gasteiger partial charge is 0.464 e. The first-order valence-electron chi connectivity index (χ1n) is 5.74. The number of quaternary nitrogens is 1. The number of fused-ring (bicyclic) bond motifs is 1. The minimum absolute atomic E-state index is 0.0706. The molecule has 1 aromatic carbocycles. The van der Waals surface area contributed by atoms with Gasteiger partial charge >= 0.3 is 6.41 Å². The van der Waals surface area contributed by atoms with Gasteiger partial charge in [-0.15, -0.1) is 0 Å². The smallest absolute Gasteiger partial charge is 0.306 e. The van der Waals surface area contributed by atoms with Gasteiger partial charge in [-0.25, -0.2) is 9.28 Å². The third-order valence-corrected chi connectivity index (χ3v) is 2.98. The lowest BCUT2D eigenvalue weighted by molar-refractivity contribution is -0.116. The number of ketones is 1. The fourth-order valence-electron chi connectivity index (χ4n) is 1.93. The van der Waals surface area contributed by atoms with Crippen LogP contribution in [0.2, 0.25) is 0 Å². The van der Waals surface area contributed by atoms with Crippen LogP contribution in [0.25, 0.3) is 11.0 Å². The van der Waals surface area contributed by atoms with E-state index in [1.165, 1.54) is 0 Å². The number of carbonyl (C=O) groups is 2. The molecule has 0 saturated heterocycles. The summed E-state index contributed by atoms with van der Waals surface area (Å²) in [5.74, 6) is 0.0706. The van der Waals surface area contributed by atoms with E-state index in [0.717, 1.165) is 28.6 Å². The summed E-state index contributed by atoms with van der Waals surface area (Å²) < 4.78 is 5.52. The van der Waals surface area contributed by atoms with E-state index >= 15 is 0 Å². The maximum absolute atomic E-state index is 11.3. The van der Waals surface area contributed by atoms with Crippen LogP contribution < -0.4 is 4.48 Å². The van der Waals surface area contributed by atoms with Crippen molar-refractivity contribution in [3.63, 3.8) is 0 Å². The van der Waals surface area contributed by atoms with Crippen LogP contribution in [-0.4, -0.2) is 26.3 Å². The summed E-state index contributed by atoms with van der Waals surface area (Å²) in [6.07, 6.45) is 2.77. The first-order valence-corrected chi connectivity index (χ1v) is 5.74. The summed E-state index contributed by atoms with van der Waals surface area (Å²) in [6.45, 7) is 1.54. The van der Waals surface area contributed by atoms with Gasteiger partial charge in [0.05, 0.1) is 20.4 Å². The van der Waals surface area contributed by atoms with Crippen LogP contribution in [0, 0.1) is 0 Å². The second-order valence-corrected chi connectivity index (χ2v) is 4.97. The van der Waals surface area contributed by atoms with Crippen molar-refractivity contribution in [2.24, 2.45) is 0 Å². The normalized spacial score (nSPS) is 11.7. The van der Waals surface area contributed by atoms with Crippen molar-refractivity contribution >= 4 is 28.8 Å². The molecule has 1 aromatic heterocycles. The number of hydrogen-bond donors (Lipinski definition) is 0. The summed E-state index contributed by atoms with van der Waals surface area (Å²) in [4.78, 5) is 22.4. The minimum atomic E-state index is 0.0706. The Morgan fingerprint density at radius 1 is 1.39 bits per heavy atom. The summed E-state index contributed by atoms with van der Waals surface area (Å²) >= 11 is 0. The summed E-state index contributed by atoms with van der Waals surface area (Å²) in [5.41, 5.74) is 2.39. The standard InChI is InChI=1S/C14H16NO3/c1-10(17)6-12-8-13(15(2,3)9-16)7-11-4-5-18-14(11)12/h4-5,7-9H,6H2,1-3H3/q+1. The monoisotopic (exact) mass is 246 g/mol. The molecule has 0 spiro atoms. The van der Waals surface area contributed by atoms with E-state index in [9.17, 15) is 9.59 Å². The highest BCUT2D eigenvalue weighted by atomic mass is 16.3. The van der Waals surface area contributed by atoms with Crippen LogP contribution in [0.5, 0.6) is 0 Å². The van der Waals surface area contributed by atoms with Gasteiger partial charge in [0.1, 0.15) is 17.1 Å². The molecule has 0 radical (unpaired) electrons. The Balaban J connectivity index is 2.64. The van der Waals surface area contributed by atoms with Crippen molar-refractivity contribution in [2.45, 2.75) is 13.3 Å². The van der Waals surface area contributed by atoms with Gasteiger partial charge in [-0.05, 0) is 13.0 Å². The van der Waals surface area contributed by atoms with Gasteiger partial charge in [0.2, 0.25) is 0 Å². The Morgan fingerprint density at radius 3 is 2.72 bits per heavy atom. The first-order chi connectivity index (χ1) is 8.44. The zero-order chi connectivity index (χ0) is 13.3. The highest BCUT2D eigenvalue weighted by Crippen LogP contribution is 2.29. The fourth-order valence-corrected chi connectivity index (χ4v) is 1.93. The Bertz CT molecular complexity index is 611. The molecule has 0 aliphatic carbocycles. The molecule has 1 heterocycles. The van der Waals surface area contributed by atoms with Gasteiger partial charge in [0.25, 0.3) is 0 Å². The second-order valence-electron chi connectivity index (χ2n) is 4.97. The van der Waals surface area contributed by atoms with Crippen molar-refractivity contribution in [3.8, 4) is 0 Å². The Labute approximate surface area is 105 Å². The topological polar surface area (TPSA) is 47.3 Å². The number of hydrogen-bond acceptors (Lipinski definition) is 3. The van der Waals surface area contributed by atoms with Gasteiger partial charge < -0.3 is 4.42 Å². The second kappa shape index (κ2) is 4.38. The summed E-state index contributed by atoms with van der Waals surface area (Å²) in [5, 5.41) is 0.914. The summed E-state index contributed by atoms with van der Waals surface area (Å²) in [6, 6.07) is 5.62. The molecule has 0 fully saturated rings. The van der Waals surface area contributed by atoms with Gasteiger partial charge in [0, 0.05) is 29.5 Å². The lowest BCUT2D eigenvalue weighted by Gasteiger charge is -2.21. The third kappa shape index (κ3) is 2.19. The van der Waals surface area contributed by atoms with Crippen molar-refractivity contribution in [2.75, 3.05) is 14.1 Å². The molecular formula is C14H16NO3+. The van der Waals surface area contributed by atoms with Crippen LogP contribution in [0.3, 0.4) is 0 Å². The van der Waals surface area contributed by atoms with E-state index in [-0.39, 0.29) is 10.3 Å². The van der Waals surface area contributed by atoms with Crippen molar-refractivity contribution in [3.05, 3.63) is 30.0 Å².